The number of hydrogen-bond acceptors (Lipinski definition) is 2. The Hall–Kier alpha value is -1.39. The van der Waals surface area contributed by atoms with Crippen molar-refractivity contribution in [3.05, 3.63) is 52.6 Å². The quantitative estimate of drug-likeness (QED) is 0.913. The molecule has 19 heavy (non-hydrogen) atoms. The molecule has 1 aromatic heterocycles. The monoisotopic (exact) mass is 281 g/mol. The largest absolute Gasteiger partial charge is 0.310 e. The van der Waals surface area contributed by atoms with E-state index < -0.39 is 0 Å². The first-order chi connectivity index (χ1) is 9.10. The van der Waals surface area contributed by atoms with Crippen LogP contribution in [0.15, 0.2) is 30.6 Å². The van der Waals surface area contributed by atoms with E-state index in [4.69, 9.17) is 11.6 Å². The standard InChI is InChI=1S/C14H17ClFN3/c1-3-17-14(6-10-8-18-19(2)9-10)12-5-4-11(15)7-13(12)16/h4-5,7-9,14,17H,3,6H2,1-2H3. The minimum Gasteiger partial charge on any atom is -0.310 e. The van der Waals surface area contributed by atoms with Crippen molar-refractivity contribution in [3.8, 4) is 0 Å². The zero-order valence-corrected chi connectivity index (χ0v) is 11.8. The maximum absolute atomic E-state index is 14.0. The predicted octanol–water partition coefficient (Wildman–Crippen LogP) is 3.11. The molecule has 1 unspecified atom stereocenters. The third-order valence-corrected chi connectivity index (χ3v) is 3.22. The van der Waals surface area contributed by atoms with Gasteiger partial charge in [-0.2, -0.15) is 5.10 Å². The second kappa shape index (κ2) is 6.17. The van der Waals surface area contributed by atoms with Crippen LogP contribution in [0.4, 0.5) is 4.39 Å². The van der Waals surface area contributed by atoms with E-state index in [-0.39, 0.29) is 11.9 Å². The summed E-state index contributed by atoms with van der Waals surface area (Å²) in [5, 5.41) is 7.85. The Balaban J connectivity index is 2.23. The highest BCUT2D eigenvalue weighted by atomic mass is 35.5. The van der Waals surface area contributed by atoms with E-state index in [1.807, 2.05) is 20.2 Å². The van der Waals surface area contributed by atoms with Crippen molar-refractivity contribution in [2.45, 2.75) is 19.4 Å². The van der Waals surface area contributed by atoms with Gasteiger partial charge in [0.1, 0.15) is 5.82 Å². The fraction of sp³-hybridized carbons (Fsp3) is 0.357. The van der Waals surface area contributed by atoms with Crippen molar-refractivity contribution >= 4 is 11.6 Å². The van der Waals surface area contributed by atoms with Crippen molar-refractivity contribution < 1.29 is 4.39 Å². The average molecular weight is 282 g/mol. The first-order valence-corrected chi connectivity index (χ1v) is 6.63. The van der Waals surface area contributed by atoms with Gasteiger partial charge in [-0.05, 0) is 30.7 Å². The summed E-state index contributed by atoms with van der Waals surface area (Å²) in [6.07, 6.45) is 4.44. The Kier molecular flexibility index (Phi) is 4.56. The van der Waals surface area contributed by atoms with Gasteiger partial charge in [0.05, 0.1) is 6.20 Å². The van der Waals surface area contributed by atoms with E-state index in [9.17, 15) is 4.39 Å². The zero-order valence-electron chi connectivity index (χ0n) is 11.0. The molecule has 1 N–H and O–H groups in total. The Bertz CT molecular complexity index is 553. The van der Waals surface area contributed by atoms with Gasteiger partial charge in [-0.15, -0.1) is 0 Å². The molecule has 0 saturated heterocycles. The van der Waals surface area contributed by atoms with Crippen LogP contribution >= 0.6 is 11.6 Å². The molecular formula is C14H17ClFN3. The van der Waals surface area contributed by atoms with Gasteiger partial charge in [0.15, 0.2) is 0 Å². The van der Waals surface area contributed by atoms with Gasteiger partial charge in [-0.25, -0.2) is 4.39 Å². The lowest BCUT2D eigenvalue weighted by Crippen LogP contribution is -2.23. The molecule has 0 aliphatic rings. The van der Waals surface area contributed by atoms with Gasteiger partial charge in [-0.1, -0.05) is 24.6 Å². The summed E-state index contributed by atoms with van der Waals surface area (Å²) in [5.74, 6) is -0.276. The first-order valence-electron chi connectivity index (χ1n) is 6.26. The molecule has 102 valence electrons. The molecule has 1 atom stereocenters. The number of aryl methyl sites for hydroxylation is 1. The highest BCUT2D eigenvalue weighted by Crippen LogP contribution is 2.23. The van der Waals surface area contributed by atoms with Crippen molar-refractivity contribution in [1.82, 2.24) is 15.1 Å². The van der Waals surface area contributed by atoms with E-state index in [1.54, 1.807) is 23.0 Å². The molecular weight excluding hydrogens is 265 g/mol. The molecule has 0 spiro atoms. The summed E-state index contributed by atoms with van der Waals surface area (Å²) >= 11 is 5.79. The maximum atomic E-state index is 14.0. The highest BCUT2D eigenvalue weighted by molar-refractivity contribution is 6.30. The molecule has 1 heterocycles. The summed E-state index contributed by atoms with van der Waals surface area (Å²) in [5.41, 5.74) is 1.71. The fourth-order valence-corrected chi connectivity index (χ4v) is 2.29. The number of aromatic nitrogens is 2. The molecule has 0 bridgehead atoms. The van der Waals surface area contributed by atoms with Crippen LogP contribution in [0.3, 0.4) is 0 Å². The van der Waals surface area contributed by atoms with Crippen molar-refractivity contribution in [2.24, 2.45) is 7.05 Å². The molecule has 2 rings (SSSR count). The number of nitrogens with one attached hydrogen (secondary N) is 1. The summed E-state index contributed by atoms with van der Waals surface area (Å²) in [6, 6.07) is 4.73. The second-order valence-corrected chi connectivity index (χ2v) is 4.94. The summed E-state index contributed by atoms with van der Waals surface area (Å²) < 4.78 is 15.7. The van der Waals surface area contributed by atoms with Gasteiger partial charge in [0.2, 0.25) is 0 Å². The molecule has 0 aliphatic carbocycles. The van der Waals surface area contributed by atoms with Gasteiger partial charge >= 0.3 is 0 Å². The van der Waals surface area contributed by atoms with Crippen LogP contribution < -0.4 is 5.32 Å². The molecule has 0 aliphatic heterocycles. The summed E-state index contributed by atoms with van der Waals surface area (Å²) in [7, 11) is 1.87. The number of benzene rings is 1. The van der Waals surface area contributed by atoms with Gasteiger partial charge in [0, 0.05) is 29.9 Å². The van der Waals surface area contributed by atoms with Crippen molar-refractivity contribution in [2.75, 3.05) is 6.54 Å². The third kappa shape index (κ3) is 3.55. The predicted molar refractivity (Wildman–Crippen MR) is 74.7 cm³/mol. The Morgan fingerprint density at radius 2 is 2.26 bits per heavy atom. The lowest BCUT2D eigenvalue weighted by atomic mass is 10.00. The van der Waals surface area contributed by atoms with Crippen LogP contribution in [0, 0.1) is 5.82 Å². The molecule has 2 aromatic rings. The Labute approximate surface area is 117 Å². The minimum atomic E-state index is -0.276. The molecule has 0 radical (unpaired) electrons. The third-order valence-electron chi connectivity index (χ3n) is 2.99. The van der Waals surface area contributed by atoms with Crippen LogP contribution in [-0.2, 0) is 13.5 Å². The number of hydrogen-bond donors (Lipinski definition) is 1. The summed E-state index contributed by atoms with van der Waals surface area (Å²) in [6.45, 7) is 2.77. The van der Waals surface area contributed by atoms with Crippen molar-refractivity contribution in [1.29, 1.82) is 0 Å². The lowest BCUT2D eigenvalue weighted by molar-refractivity contribution is 0.510. The van der Waals surface area contributed by atoms with E-state index >= 15 is 0 Å². The lowest BCUT2D eigenvalue weighted by Gasteiger charge is -2.18. The molecule has 1 aromatic carbocycles. The molecule has 0 saturated carbocycles. The van der Waals surface area contributed by atoms with Crippen LogP contribution in [0.25, 0.3) is 0 Å². The normalized spacial score (nSPS) is 12.6. The highest BCUT2D eigenvalue weighted by Gasteiger charge is 2.16. The van der Waals surface area contributed by atoms with Crippen LogP contribution in [-0.4, -0.2) is 16.3 Å². The fourth-order valence-electron chi connectivity index (χ4n) is 2.14. The second-order valence-electron chi connectivity index (χ2n) is 4.50. The Morgan fingerprint density at radius 1 is 1.47 bits per heavy atom. The van der Waals surface area contributed by atoms with Crippen LogP contribution in [0.2, 0.25) is 5.02 Å². The first kappa shape index (κ1) is 14.0. The number of likely N-dealkylation sites (N-methyl/N-ethyl adjacent to an activating group) is 1. The minimum absolute atomic E-state index is 0.0773. The molecule has 0 amide bonds. The van der Waals surface area contributed by atoms with Gasteiger partial charge < -0.3 is 5.32 Å². The van der Waals surface area contributed by atoms with E-state index in [1.165, 1.54) is 6.07 Å². The van der Waals surface area contributed by atoms with E-state index in [2.05, 4.69) is 10.4 Å². The topological polar surface area (TPSA) is 29.9 Å². The van der Waals surface area contributed by atoms with Gasteiger partial charge in [0.25, 0.3) is 0 Å². The molecule has 0 fully saturated rings. The van der Waals surface area contributed by atoms with E-state index in [0.29, 0.717) is 17.0 Å². The van der Waals surface area contributed by atoms with Crippen LogP contribution in [0.5, 0.6) is 0 Å². The van der Waals surface area contributed by atoms with Crippen LogP contribution in [0.1, 0.15) is 24.1 Å². The zero-order chi connectivity index (χ0) is 13.8. The Morgan fingerprint density at radius 3 is 2.84 bits per heavy atom. The number of halogens is 2. The molecule has 5 heteroatoms. The SMILES string of the molecule is CCNC(Cc1cnn(C)c1)c1ccc(Cl)cc1F. The number of rotatable bonds is 5. The van der Waals surface area contributed by atoms with Crippen molar-refractivity contribution in [3.63, 3.8) is 0 Å². The van der Waals surface area contributed by atoms with E-state index in [0.717, 1.165) is 12.1 Å². The summed E-state index contributed by atoms with van der Waals surface area (Å²) in [4.78, 5) is 0. The smallest absolute Gasteiger partial charge is 0.129 e. The van der Waals surface area contributed by atoms with Gasteiger partial charge in [-0.3, -0.25) is 4.68 Å². The maximum Gasteiger partial charge on any atom is 0.129 e. The number of nitrogens with zero attached hydrogens (tertiary/aromatic N) is 2. The molecule has 3 nitrogen and oxygen atoms in total. The average Bonchev–Trinajstić information content (AvgIpc) is 2.74.